The minimum Gasteiger partial charge on any atom is -0.303 e. The van der Waals surface area contributed by atoms with Gasteiger partial charge in [0.1, 0.15) is 10.5 Å². The van der Waals surface area contributed by atoms with Crippen LogP contribution in [0.2, 0.25) is 0 Å². The van der Waals surface area contributed by atoms with E-state index >= 15 is 0 Å². The molecule has 0 atom stereocenters. The van der Waals surface area contributed by atoms with E-state index in [0.29, 0.717) is 6.42 Å². The Morgan fingerprint density at radius 3 is 2.64 bits per heavy atom. The van der Waals surface area contributed by atoms with Gasteiger partial charge in [0, 0.05) is 11.3 Å². The molecule has 1 aromatic rings. The summed E-state index contributed by atoms with van der Waals surface area (Å²) in [7, 11) is -3.60. The van der Waals surface area contributed by atoms with Gasteiger partial charge >= 0.3 is 0 Å². The number of primary sulfonamides is 1. The molecule has 14 heavy (non-hydrogen) atoms. The summed E-state index contributed by atoms with van der Waals surface area (Å²) in [5, 5.41) is 4.93. The van der Waals surface area contributed by atoms with Gasteiger partial charge in [-0.1, -0.05) is 6.08 Å². The van der Waals surface area contributed by atoms with Crippen molar-refractivity contribution in [3.8, 4) is 0 Å². The molecule has 0 aliphatic heterocycles. The first kappa shape index (κ1) is 11.1. The largest absolute Gasteiger partial charge is 0.303 e. The van der Waals surface area contributed by atoms with E-state index in [1.807, 2.05) is 0 Å². The Labute approximate surface area is 86.1 Å². The Kier molecular flexibility index (Phi) is 3.56. The van der Waals surface area contributed by atoms with Crippen LogP contribution < -0.4 is 5.14 Å². The Balaban J connectivity index is 2.84. The molecular formula is C8H9NO3S2. The molecule has 0 radical (unpaired) electrons. The number of carbonyl (C=O) groups is 1. The van der Waals surface area contributed by atoms with Crippen molar-refractivity contribution in [1.82, 2.24) is 0 Å². The predicted octanol–water partition coefficient (Wildman–Crippen LogP) is 0.998. The summed E-state index contributed by atoms with van der Waals surface area (Å²) in [5.74, 6) is 0. The highest BCUT2D eigenvalue weighted by molar-refractivity contribution is 7.91. The second-order valence-corrected chi connectivity index (χ2v) is 5.41. The second kappa shape index (κ2) is 4.50. The van der Waals surface area contributed by atoms with Crippen LogP contribution in [0.1, 0.15) is 11.3 Å². The van der Waals surface area contributed by atoms with E-state index in [4.69, 9.17) is 5.14 Å². The fraction of sp³-hybridized carbons (Fsp3) is 0.125. The molecule has 0 aliphatic carbocycles. The van der Waals surface area contributed by atoms with Gasteiger partial charge in [0.25, 0.3) is 0 Å². The number of sulfonamides is 1. The molecule has 6 heteroatoms. The molecule has 0 aromatic carbocycles. The Hall–Kier alpha value is -0.980. The van der Waals surface area contributed by atoms with Crippen LogP contribution in [0.15, 0.2) is 22.4 Å². The highest BCUT2D eigenvalue weighted by Crippen LogP contribution is 2.21. The summed E-state index contributed by atoms with van der Waals surface area (Å²) in [5.41, 5.74) is 0. The first-order chi connectivity index (χ1) is 6.54. The maximum absolute atomic E-state index is 10.9. The fourth-order valence-corrected chi connectivity index (χ4v) is 2.50. The number of rotatable bonds is 4. The Bertz CT molecular complexity index is 445. The monoisotopic (exact) mass is 231 g/mol. The van der Waals surface area contributed by atoms with Gasteiger partial charge in [-0.3, -0.25) is 0 Å². The van der Waals surface area contributed by atoms with Crippen LogP contribution in [-0.2, 0) is 14.8 Å². The third-order valence-electron chi connectivity index (χ3n) is 1.40. The normalized spacial score (nSPS) is 12.1. The van der Waals surface area contributed by atoms with Gasteiger partial charge in [-0.15, -0.1) is 11.3 Å². The van der Waals surface area contributed by atoms with Crippen molar-refractivity contribution in [2.75, 3.05) is 0 Å². The molecule has 0 saturated heterocycles. The molecule has 1 heterocycles. The summed E-state index contributed by atoms with van der Waals surface area (Å²) in [6.07, 6.45) is 4.44. The lowest BCUT2D eigenvalue weighted by atomic mass is 10.3. The zero-order chi connectivity index (χ0) is 10.6. The third-order valence-corrected chi connectivity index (χ3v) is 3.89. The van der Waals surface area contributed by atoms with Crippen molar-refractivity contribution in [3.05, 3.63) is 23.1 Å². The quantitative estimate of drug-likeness (QED) is 0.785. The number of hydrogen-bond donors (Lipinski definition) is 1. The van der Waals surface area contributed by atoms with Gasteiger partial charge in [0.2, 0.25) is 10.0 Å². The smallest absolute Gasteiger partial charge is 0.247 e. The predicted molar refractivity (Wildman–Crippen MR) is 55.4 cm³/mol. The molecular weight excluding hydrogens is 222 g/mol. The zero-order valence-electron chi connectivity index (χ0n) is 7.21. The van der Waals surface area contributed by atoms with Crippen molar-refractivity contribution < 1.29 is 13.2 Å². The van der Waals surface area contributed by atoms with E-state index in [1.165, 1.54) is 6.07 Å². The van der Waals surface area contributed by atoms with E-state index in [9.17, 15) is 13.2 Å². The summed E-state index contributed by atoms with van der Waals surface area (Å²) in [4.78, 5) is 10.8. The van der Waals surface area contributed by atoms with Crippen LogP contribution in [0.5, 0.6) is 0 Å². The number of thiophene rings is 1. The lowest BCUT2D eigenvalue weighted by Crippen LogP contribution is -2.09. The van der Waals surface area contributed by atoms with Gasteiger partial charge in [0.15, 0.2) is 0 Å². The van der Waals surface area contributed by atoms with E-state index in [0.717, 1.165) is 22.5 Å². The molecule has 0 aliphatic rings. The van der Waals surface area contributed by atoms with Crippen LogP contribution >= 0.6 is 11.3 Å². The molecule has 0 unspecified atom stereocenters. The molecule has 0 bridgehead atoms. The van der Waals surface area contributed by atoms with Crippen molar-refractivity contribution in [2.24, 2.45) is 5.14 Å². The second-order valence-electron chi connectivity index (χ2n) is 2.51. The van der Waals surface area contributed by atoms with Gasteiger partial charge in [0.05, 0.1) is 0 Å². The molecule has 2 N–H and O–H groups in total. The molecule has 76 valence electrons. The van der Waals surface area contributed by atoms with Gasteiger partial charge in [-0.25, -0.2) is 13.6 Å². The Morgan fingerprint density at radius 1 is 1.43 bits per heavy atom. The van der Waals surface area contributed by atoms with Crippen LogP contribution in [0, 0.1) is 0 Å². The maximum atomic E-state index is 10.9. The summed E-state index contributed by atoms with van der Waals surface area (Å²) < 4.78 is 21.9. The number of allylic oxidation sites excluding steroid dienone is 1. The first-order valence-electron chi connectivity index (χ1n) is 3.77. The van der Waals surface area contributed by atoms with Gasteiger partial charge in [-0.05, 0) is 18.2 Å². The Morgan fingerprint density at radius 2 is 2.14 bits per heavy atom. The van der Waals surface area contributed by atoms with Crippen molar-refractivity contribution in [3.63, 3.8) is 0 Å². The van der Waals surface area contributed by atoms with Crippen molar-refractivity contribution in [1.29, 1.82) is 0 Å². The summed E-state index contributed by atoms with van der Waals surface area (Å²) >= 11 is 1.07. The number of nitrogens with two attached hydrogens (primary N) is 1. The molecule has 0 fully saturated rings. The van der Waals surface area contributed by atoms with Crippen LogP contribution in [0.4, 0.5) is 0 Å². The average molecular weight is 231 g/mol. The van der Waals surface area contributed by atoms with Gasteiger partial charge < -0.3 is 4.79 Å². The molecule has 1 aromatic heterocycles. The molecule has 0 spiro atoms. The highest BCUT2D eigenvalue weighted by atomic mass is 32.2. The molecule has 0 amide bonds. The number of hydrogen-bond acceptors (Lipinski definition) is 4. The third kappa shape index (κ3) is 3.06. The minimum atomic E-state index is -3.60. The highest BCUT2D eigenvalue weighted by Gasteiger charge is 2.09. The fourth-order valence-electron chi connectivity index (χ4n) is 0.817. The van der Waals surface area contributed by atoms with Crippen LogP contribution in [0.25, 0.3) is 6.08 Å². The minimum absolute atomic E-state index is 0.128. The topological polar surface area (TPSA) is 77.2 Å². The van der Waals surface area contributed by atoms with E-state index in [1.54, 1.807) is 18.2 Å². The zero-order valence-corrected chi connectivity index (χ0v) is 8.85. The first-order valence-corrected chi connectivity index (χ1v) is 6.13. The maximum Gasteiger partial charge on any atom is 0.247 e. The average Bonchev–Trinajstić information content (AvgIpc) is 2.52. The molecule has 4 nitrogen and oxygen atoms in total. The summed E-state index contributed by atoms with van der Waals surface area (Å²) in [6.45, 7) is 0. The SMILES string of the molecule is NS(=O)(=O)c1ccc(C=CCC=O)s1. The lowest BCUT2D eigenvalue weighted by molar-refractivity contribution is -0.107. The van der Waals surface area contributed by atoms with E-state index in [-0.39, 0.29) is 4.21 Å². The summed E-state index contributed by atoms with van der Waals surface area (Å²) in [6, 6.07) is 3.09. The molecule has 1 rings (SSSR count). The van der Waals surface area contributed by atoms with E-state index in [2.05, 4.69) is 0 Å². The van der Waals surface area contributed by atoms with Crippen molar-refractivity contribution >= 4 is 33.7 Å². The number of aldehydes is 1. The van der Waals surface area contributed by atoms with Crippen molar-refractivity contribution in [2.45, 2.75) is 10.6 Å². The van der Waals surface area contributed by atoms with E-state index < -0.39 is 10.0 Å². The number of carbonyl (C=O) groups excluding carboxylic acids is 1. The van der Waals surface area contributed by atoms with Gasteiger partial charge in [-0.2, -0.15) is 0 Å². The van der Waals surface area contributed by atoms with Crippen LogP contribution in [-0.4, -0.2) is 14.7 Å². The molecule has 0 saturated carbocycles. The lowest BCUT2D eigenvalue weighted by Gasteiger charge is -1.88. The van der Waals surface area contributed by atoms with Crippen LogP contribution in [0.3, 0.4) is 0 Å². The standard InChI is InChI=1S/C8H9NO3S2/c9-14(11,12)8-5-4-7(13-8)3-1-2-6-10/h1,3-6H,2H2,(H2,9,11,12).